The molecule has 2 nitrogen and oxygen atoms in total. The van der Waals surface area contributed by atoms with Gasteiger partial charge in [-0.05, 0) is 74.7 Å². The number of hydrogen-bond acceptors (Lipinski definition) is 2. The number of aromatic hydroxyl groups is 1. The van der Waals surface area contributed by atoms with Crippen LogP contribution in [0.3, 0.4) is 0 Å². The Morgan fingerprint density at radius 1 is 1.20 bits per heavy atom. The van der Waals surface area contributed by atoms with Crippen molar-refractivity contribution in [2.45, 2.75) is 31.6 Å². The molecule has 2 fully saturated rings. The highest BCUT2D eigenvalue weighted by Crippen LogP contribution is 2.52. The first-order valence-electron chi connectivity index (χ1n) is 7.67. The Bertz CT molecular complexity index is 468. The maximum Gasteiger partial charge on any atom is 0.127 e. The number of nitrogens with zero attached hydrogens (tertiary/aromatic N) is 1. The van der Waals surface area contributed by atoms with E-state index in [1.54, 1.807) is 12.1 Å². The first-order valence-corrected chi connectivity index (χ1v) is 7.67. The van der Waals surface area contributed by atoms with E-state index in [0.29, 0.717) is 11.8 Å². The number of phenols is 1. The Morgan fingerprint density at radius 2 is 2.00 bits per heavy atom. The third-order valence-electron chi connectivity index (χ3n) is 5.20. The zero-order valence-electron chi connectivity index (χ0n) is 12.3. The van der Waals surface area contributed by atoms with Crippen molar-refractivity contribution in [1.82, 2.24) is 4.90 Å². The Labute approximate surface area is 120 Å². The lowest BCUT2D eigenvalue weighted by atomic mass is 9.69. The lowest BCUT2D eigenvalue weighted by Crippen LogP contribution is -2.34. The van der Waals surface area contributed by atoms with Crippen LogP contribution in [-0.4, -0.2) is 30.6 Å². The fourth-order valence-electron chi connectivity index (χ4n) is 4.47. The molecule has 20 heavy (non-hydrogen) atoms. The summed E-state index contributed by atoms with van der Waals surface area (Å²) < 4.78 is 13.6. The summed E-state index contributed by atoms with van der Waals surface area (Å²) in [6.07, 6.45) is 5.14. The normalized spacial score (nSPS) is 32.8. The van der Waals surface area contributed by atoms with Gasteiger partial charge in [0.1, 0.15) is 11.6 Å². The van der Waals surface area contributed by atoms with Crippen molar-refractivity contribution in [2.24, 2.45) is 17.8 Å². The van der Waals surface area contributed by atoms with E-state index in [9.17, 15) is 9.50 Å². The molecule has 0 aromatic heterocycles. The zero-order chi connectivity index (χ0) is 14.3. The van der Waals surface area contributed by atoms with Crippen LogP contribution in [0.1, 0.15) is 37.2 Å². The summed E-state index contributed by atoms with van der Waals surface area (Å²) in [5, 5.41) is 9.69. The number of hydrogen-bond donors (Lipinski definition) is 1. The lowest BCUT2D eigenvalue weighted by Gasteiger charge is -2.38. The SMILES string of the molecule is CN(C)C[C@@H]1C(c2cc(O)cc(F)c2)CC2CC[C@H]1C2. The van der Waals surface area contributed by atoms with Crippen molar-refractivity contribution in [2.75, 3.05) is 20.6 Å². The van der Waals surface area contributed by atoms with Crippen LogP contribution < -0.4 is 0 Å². The third kappa shape index (κ3) is 2.69. The van der Waals surface area contributed by atoms with Gasteiger partial charge in [-0.2, -0.15) is 0 Å². The molecule has 3 rings (SSSR count). The average molecular weight is 277 g/mol. The Hall–Kier alpha value is -1.09. The van der Waals surface area contributed by atoms with E-state index in [0.717, 1.165) is 30.4 Å². The van der Waals surface area contributed by atoms with E-state index in [1.165, 1.54) is 25.3 Å². The van der Waals surface area contributed by atoms with Gasteiger partial charge in [-0.25, -0.2) is 4.39 Å². The first-order chi connectivity index (χ1) is 9.52. The summed E-state index contributed by atoms with van der Waals surface area (Å²) >= 11 is 0. The summed E-state index contributed by atoms with van der Waals surface area (Å²) in [5.41, 5.74) is 0.992. The molecule has 1 aromatic rings. The van der Waals surface area contributed by atoms with Crippen LogP contribution in [0, 0.1) is 23.6 Å². The summed E-state index contributed by atoms with van der Waals surface area (Å²) in [5.74, 6) is 2.29. The van der Waals surface area contributed by atoms with Gasteiger partial charge < -0.3 is 10.0 Å². The number of phenolic OH excluding ortho intramolecular Hbond substituents is 1. The van der Waals surface area contributed by atoms with E-state index in [1.807, 2.05) is 0 Å². The zero-order valence-corrected chi connectivity index (χ0v) is 12.3. The fraction of sp³-hybridized carbons (Fsp3) is 0.647. The first kappa shape index (κ1) is 13.9. The van der Waals surface area contributed by atoms with Crippen molar-refractivity contribution >= 4 is 0 Å². The number of benzene rings is 1. The van der Waals surface area contributed by atoms with Gasteiger partial charge in [0.25, 0.3) is 0 Å². The largest absolute Gasteiger partial charge is 0.508 e. The van der Waals surface area contributed by atoms with Gasteiger partial charge in [-0.15, -0.1) is 0 Å². The quantitative estimate of drug-likeness (QED) is 0.912. The van der Waals surface area contributed by atoms with Crippen LogP contribution >= 0.6 is 0 Å². The van der Waals surface area contributed by atoms with Crippen LogP contribution in [0.2, 0.25) is 0 Å². The Balaban J connectivity index is 1.91. The summed E-state index contributed by atoms with van der Waals surface area (Å²) in [4.78, 5) is 2.25. The molecular formula is C17H24FNO. The second-order valence-corrected chi connectivity index (χ2v) is 6.95. The van der Waals surface area contributed by atoms with E-state index in [4.69, 9.17) is 0 Å². The number of fused-ring (bicyclic) bond motifs is 2. The number of rotatable bonds is 3. The molecule has 1 N–H and O–H groups in total. The molecule has 0 aliphatic heterocycles. The Morgan fingerprint density at radius 3 is 2.70 bits per heavy atom. The molecule has 0 heterocycles. The number of halogens is 1. The summed E-state index contributed by atoms with van der Waals surface area (Å²) in [6, 6.07) is 4.58. The molecule has 0 radical (unpaired) electrons. The minimum Gasteiger partial charge on any atom is -0.508 e. The van der Waals surface area contributed by atoms with Crippen molar-refractivity contribution < 1.29 is 9.50 Å². The van der Waals surface area contributed by atoms with Crippen molar-refractivity contribution in [3.8, 4) is 5.75 Å². The van der Waals surface area contributed by atoms with E-state index in [-0.39, 0.29) is 11.6 Å². The minimum absolute atomic E-state index is 0.0570. The van der Waals surface area contributed by atoms with Crippen LogP contribution in [0.25, 0.3) is 0 Å². The minimum atomic E-state index is -0.318. The van der Waals surface area contributed by atoms with Crippen molar-refractivity contribution in [1.29, 1.82) is 0 Å². The van der Waals surface area contributed by atoms with Crippen LogP contribution in [0.4, 0.5) is 4.39 Å². The summed E-state index contributed by atoms with van der Waals surface area (Å²) in [6.45, 7) is 1.05. The molecule has 2 aliphatic rings. The maximum absolute atomic E-state index is 13.6. The van der Waals surface area contributed by atoms with Gasteiger partial charge in [-0.1, -0.05) is 6.42 Å². The molecule has 2 bridgehead atoms. The lowest BCUT2D eigenvalue weighted by molar-refractivity contribution is 0.164. The molecule has 2 aliphatic carbocycles. The van der Waals surface area contributed by atoms with Gasteiger partial charge in [0, 0.05) is 12.6 Å². The van der Waals surface area contributed by atoms with Gasteiger partial charge in [0.2, 0.25) is 0 Å². The van der Waals surface area contributed by atoms with Crippen LogP contribution in [0.15, 0.2) is 18.2 Å². The second-order valence-electron chi connectivity index (χ2n) is 6.95. The van der Waals surface area contributed by atoms with Gasteiger partial charge in [-0.3, -0.25) is 0 Å². The topological polar surface area (TPSA) is 23.5 Å². The molecule has 0 saturated heterocycles. The third-order valence-corrected chi connectivity index (χ3v) is 5.20. The standard InChI is InChI=1S/C17H24FNO/c1-19(2)10-17-12-4-3-11(5-12)6-16(17)13-7-14(18)9-15(20)8-13/h7-9,11-12,16-17,20H,3-6,10H2,1-2H3/t11?,12-,16?,17-/m0/s1. The highest BCUT2D eigenvalue weighted by molar-refractivity contribution is 5.32. The molecule has 0 spiro atoms. The smallest absolute Gasteiger partial charge is 0.127 e. The molecular weight excluding hydrogens is 253 g/mol. The predicted molar refractivity (Wildman–Crippen MR) is 78.3 cm³/mol. The maximum atomic E-state index is 13.6. The molecule has 1 aromatic carbocycles. The second kappa shape index (κ2) is 5.36. The monoisotopic (exact) mass is 277 g/mol. The molecule has 3 heteroatoms. The van der Waals surface area contributed by atoms with E-state index < -0.39 is 0 Å². The van der Waals surface area contributed by atoms with Crippen molar-refractivity contribution in [3.63, 3.8) is 0 Å². The highest BCUT2D eigenvalue weighted by atomic mass is 19.1. The van der Waals surface area contributed by atoms with Gasteiger partial charge in [0.15, 0.2) is 0 Å². The molecule has 2 unspecified atom stereocenters. The van der Waals surface area contributed by atoms with E-state index >= 15 is 0 Å². The van der Waals surface area contributed by atoms with E-state index in [2.05, 4.69) is 19.0 Å². The van der Waals surface area contributed by atoms with Gasteiger partial charge in [0.05, 0.1) is 0 Å². The average Bonchev–Trinajstić information content (AvgIpc) is 2.74. The molecule has 4 atom stereocenters. The van der Waals surface area contributed by atoms with Crippen LogP contribution in [-0.2, 0) is 0 Å². The molecule has 0 amide bonds. The fourth-order valence-corrected chi connectivity index (χ4v) is 4.47. The van der Waals surface area contributed by atoms with Crippen molar-refractivity contribution in [3.05, 3.63) is 29.6 Å². The Kier molecular flexibility index (Phi) is 3.72. The predicted octanol–water partition coefficient (Wildman–Crippen LogP) is 3.61. The molecule has 110 valence electrons. The molecule has 2 saturated carbocycles. The summed E-state index contributed by atoms with van der Waals surface area (Å²) in [7, 11) is 4.22. The van der Waals surface area contributed by atoms with Gasteiger partial charge >= 0.3 is 0 Å². The van der Waals surface area contributed by atoms with Crippen LogP contribution in [0.5, 0.6) is 5.75 Å². The highest BCUT2D eigenvalue weighted by Gasteiger charge is 2.42.